The van der Waals surface area contributed by atoms with E-state index in [1.165, 1.54) is 0 Å². The van der Waals surface area contributed by atoms with Crippen LogP contribution in [0.4, 0.5) is 4.79 Å². The molecule has 1 heterocycles. The van der Waals surface area contributed by atoms with Crippen molar-refractivity contribution in [3.8, 4) is 0 Å². The van der Waals surface area contributed by atoms with Crippen LogP contribution in [0.3, 0.4) is 0 Å². The van der Waals surface area contributed by atoms with Gasteiger partial charge in [0.15, 0.2) is 0 Å². The van der Waals surface area contributed by atoms with Gasteiger partial charge in [-0.05, 0) is 27.2 Å². The SMILES string of the molecule is CC(C)(C)OC(=O)N1CC[C@H]([NH])C1. The summed E-state index contributed by atoms with van der Waals surface area (Å²) in [5.41, 5.74) is 7.00. The van der Waals surface area contributed by atoms with E-state index in [9.17, 15) is 4.79 Å². The second-order valence-corrected chi connectivity index (χ2v) is 4.41. The normalized spacial score (nSPS) is 23.4. The van der Waals surface area contributed by atoms with Crippen LogP contribution in [0.5, 0.6) is 0 Å². The Bertz CT molecular complexity index is 198. The van der Waals surface area contributed by atoms with Gasteiger partial charge in [-0.15, -0.1) is 0 Å². The van der Waals surface area contributed by atoms with Crippen LogP contribution in [0.25, 0.3) is 0 Å². The molecule has 1 aliphatic rings. The molecule has 0 aromatic carbocycles. The van der Waals surface area contributed by atoms with E-state index in [0.717, 1.165) is 6.42 Å². The lowest BCUT2D eigenvalue weighted by Gasteiger charge is -2.24. The van der Waals surface area contributed by atoms with Gasteiger partial charge in [0.25, 0.3) is 0 Å². The van der Waals surface area contributed by atoms with Crippen molar-refractivity contribution in [2.45, 2.75) is 38.8 Å². The standard InChI is InChI=1S/C9H17N2O2/c1-9(2,3)13-8(12)11-5-4-7(10)6-11/h7,10H,4-6H2,1-3H3/t7-/m0/s1. The minimum absolute atomic E-state index is 0.132. The van der Waals surface area contributed by atoms with Crippen molar-refractivity contribution in [2.75, 3.05) is 13.1 Å². The highest BCUT2D eigenvalue weighted by Crippen LogP contribution is 2.14. The molecular formula is C9H17N2O2. The first-order chi connectivity index (χ1) is 5.88. The van der Waals surface area contributed by atoms with Crippen molar-refractivity contribution in [1.29, 1.82) is 0 Å². The Hall–Kier alpha value is -0.770. The van der Waals surface area contributed by atoms with E-state index in [-0.39, 0.29) is 12.1 Å². The number of nitrogens with one attached hydrogen (secondary N) is 1. The van der Waals surface area contributed by atoms with Gasteiger partial charge >= 0.3 is 6.09 Å². The molecule has 0 unspecified atom stereocenters. The zero-order valence-corrected chi connectivity index (χ0v) is 8.46. The van der Waals surface area contributed by atoms with E-state index in [4.69, 9.17) is 10.5 Å². The summed E-state index contributed by atoms with van der Waals surface area (Å²) >= 11 is 0. The van der Waals surface area contributed by atoms with Crippen LogP contribution in [-0.4, -0.2) is 35.7 Å². The van der Waals surface area contributed by atoms with Gasteiger partial charge in [0.1, 0.15) is 5.60 Å². The summed E-state index contributed by atoms with van der Waals surface area (Å²) < 4.78 is 5.17. The molecule has 0 aliphatic carbocycles. The monoisotopic (exact) mass is 185 g/mol. The van der Waals surface area contributed by atoms with E-state index in [0.29, 0.717) is 13.1 Å². The summed E-state index contributed by atoms with van der Waals surface area (Å²) in [7, 11) is 0. The number of amides is 1. The first-order valence-electron chi connectivity index (χ1n) is 4.57. The summed E-state index contributed by atoms with van der Waals surface area (Å²) in [6, 6.07) is -0.132. The number of ether oxygens (including phenoxy) is 1. The van der Waals surface area contributed by atoms with Crippen LogP contribution in [-0.2, 0) is 4.74 Å². The van der Waals surface area contributed by atoms with Gasteiger partial charge in [-0.2, -0.15) is 0 Å². The van der Waals surface area contributed by atoms with Crippen molar-refractivity contribution < 1.29 is 9.53 Å². The lowest BCUT2D eigenvalue weighted by atomic mass is 10.2. The molecule has 1 fully saturated rings. The lowest BCUT2D eigenvalue weighted by Crippen LogP contribution is -2.35. The summed E-state index contributed by atoms with van der Waals surface area (Å²) in [6.45, 7) is 6.70. The van der Waals surface area contributed by atoms with E-state index in [2.05, 4.69) is 0 Å². The zero-order chi connectivity index (χ0) is 10.1. The van der Waals surface area contributed by atoms with Crippen LogP contribution in [0.15, 0.2) is 0 Å². The summed E-state index contributed by atoms with van der Waals surface area (Å²) in [6.07, 6.45) is 0.474. The Labute approximate surface area is 79.0 Å². The Morgan fingerprint density at radius 1 is 1.54 bits per heavy atom. The van der Waals surface area contributed by atoms with Crippen LogP contribution >= 0.6 is 0 Å². The highest BCUT2D eigenvalue weighted by atomic mass is 16.6. The molecule has 1 rings (SSSR count). The van der Waals surface area contributed by atoms with E-state index >= 15 is 0 Å². The van der Waals surface area contributed by atoms with Crippen LogP contribution in [0, 0.1) is 0 Å². The lowest BCUT2D eigenvalue weighted by molar-refractivity contribution is 0.0292. The maximum atomic E-state index is 11.4. The largest absolute Gasteiger partial charge is 0.444 e. The molecule has 0 aromatic heterocycles. The van der Waals surface area contributed by atoms with Gasteiger partial charge in [0.2, 0.25) is 0 Å². The molecular weight excluding hydrogens is 168 g/mol. The minimum atomic E-state index is -0.433. The molecule has 1 saturated heterocycles. The van der Waals surface area contributed by atoms with Crippen molar-refractivity contribution >= 4 is 6.09 Å². The topological polar surface area (TPSA) is 53.3 Å². The Balaban J connectivity index is 2.41. The average molecular weight is 185 g/mol. The number of carbonyl (C=O) groups excluding carboxylic acids is 1. The Morgan fingerprint density at radius 3 is 2.54 bits per heavy atom. The van der Waals surface area contributed by atoms with Crippen LogP contribution < -0.4 is 5.73 Å². The van der Waals surface area contributed by atoms with Gasteiger partial charge in [0.05, 0.1) is 0 Å². The fraction of sp³-hybridized carbons (Fsp3) is 0.889. The molecule has 1 N–H and O–H groups in total. The molecule has 0 spiro atoms. The predicted octanol–water partition coefficient (Wildman–Crippen LogP) is 1.28. The maximum absolute atomic E-state index is 11.4. The van der Waals surface area contributed by atoms with Gasteiger partial charge in [0, 0.05) is 19.1 Å². The molecule has 0 saturated carbocycles. The fourth-order valence-corrected chi connectivity index (χ4v) is 1.25. The molecule has 1 aliphatic heterocycles. The van der Waals surface area contributed by atoms with E-state index in [1.807, 2.05) is 20.8 Å². The number of nitrogens with zero attached hydrogens (tertiary/aromatic N) is 1. The second kappa shape index (κ2) is 3.54. The summed E-state index contributed by atoms with van der Waals surface area (Å²) in [5, 5.41) is 0. The molecule has 1 amide bonds. The number of likely N-dealkylation sites (tertiary alicyclic amines) is 1. The van der Waals surface area contributed by atoms with Gasteiger partial charge < -0.3 is 9.64 Å². The highest BCUT2D eigenvalue weighted by Gasteiger charge is 2.27. The van der Waals surface area contributed by atoms with Gasteiger partial charge in [-0.25, -0.2) is 4.79 Å². The number of rotatable bonds is 0. The number of hydrogen-bond acceptors (Lipinski definition) is 2. The van der Waals surface area contributed by atoms with Gasteiger partial charge in [-0.3, -0.25) is 5.73 Å². The molecule has 4 nitrogen and oxygen atoms in total. The molecule has 75 valence electrons. The smallest absolute Gasteiger partial charge is 0.410 e. The van der Waals surface area contributed by atoms with Crippen molar-refractivity contribution in [2.24, 2.45) is 0 Å². The molecule has 1 radical (unpaired) electrons. The average Bonchev–Trinajstić information content (AvgIpc) is 2.31. The fourth-order valence-electron chi connectivity index (χ4n) is 1.25. The second-order valence-electron chi connectivity index (χ2n) is 4.41. The van der Waals surface area contributed by atoms with E-state index in [1.54, 1.807) is 4.90 Å². The maximum Gasteiger partial charge on any atom is 0.410 e. The third kappa shape index (κ3) is 3.22. The molecule has 0 bridgehead atoms. The first-order valence-corrected chi connectivity index (χ1v) is 4.57. The Kier molecular flexibility index (Phi) is 2.81. The quantitative estimate of drug-likeness (QED) is 0.570. The minimum Gasteiger partial charge on any atom is -0.444 e. The van der Waals surface area contributed by atoms with Crippen molar-refractivity contribution in [3.05, 3.63) is 0 Å². The van der Waals surface area contributed by atoms with E-state index < -0.39 is 5.60 Å². The highest BCUT2D eigenvalue weighted by molar-refractivity contribution is 5.68. The van der Waals surface area contributed by atoms with Gasteiger partial charge in [-0.1, -0.05) is 0 Å². The predicted molar refractivity (Wildman–Crippen MR) is 49.3 cm³/mol. The summed E-state index contributed by atoms with van der Waals surface area (Å²) in [4.78, 5) is 13.0. The van der Waals surface area contributed by atoms with Crippen molar-refractivity contribution in [1.82, 2.24) is 10.6 Å². The van der Waals surface area contributed by atoms with Crippen LogP contribution in [0.2, 0.25) is 0 Å². The first kappa shape index (κ1) is 10.3. The van der Waals surface area contributed by atoms with Crippen LogP contribution in [0.1, 0.15) is 27.2 Å². The Morgan fingerprint density at radius 2 is 2.15 bits per heavy atom. The zero-order valence-electron chi connectivity index (χ0n) is 8.46. The molecule has 1 atom stereocenters. The molecule has 0 aromatic rings. The number of hydrogen-bond donors (Lipinski definition) is 0. The number of carbonyl (C=O) groups is 1. The third-order valence-corrected chi connectivity index (χ3v) is 1.84. The van der Waals surface area contributed by atoms with Crippen molar-refractivity contribution in [3.63, 3.8) is 0 Å². The molecule has 13 heavy (non-hydrogen) atoms. The third-order valence-electron chi connectivity index (χ3n) is 1.84. The molecule has 4 heteroatoms. The summed E-state index contributed by atoms with van der Waals surface area (Å²) in [5.74, 6) is 0.